The molecule has 4 rings (SSSR count). The first-order valence-corrected chi connectivity index (χ1v) is 11.0. The number of hydrogen-bond donors (Lipinski definition) is 0. The summed E-state index contributed by atoms with van der Waals surface area (Å²) in [6.45, 7) is 4.75. The normalized spacial score (nSPS) is 11.2. The van der Waals surface area contributed by atoms with Gasteiger partial charge in [0.1, 0.15) is 6.33 Å². The summed E-state index contributed by atoms with van der Waals surface area (Å²) in [7, 11) is 0. The molecule has 2 aromatic carbocycles. The molecule has 0 fully saturated rings. The van der Waals surface area contributed by atoms with Crippen LogP contribution in [0.4, 0.5) is 4.39 Å². The molecule has 0 saturated heterocycles. The monoisotopic (exact) mass is 434 g/mol. The maximum atomic E-state index is 15.0. The number of hydrogen-bond acceptors (Lipinski definition) is 4. The van der Waals surface area contributed by atoms with Gasteiger partial charge in [0.2, 0.25) is 5.95 Å². The van der Waals surface area contributed by atoms with E-state index in [1.54, 1.807) is 15.6 Å². The van der Waals surface area contributed by atoms with Gasteiger partial charge in [-0.3, -0.25) is 9.13 Å². The van der Waals surface area contributed by atoms with Crippen LogP contribution in [0.25, 0.3) is 16.8 Å². The van der Waals surface area contributed by atoms with E-state index in [0.29, 0.717) is 31.6 Å². The first-order valence-electron chi connectivity index (χ1n) is 11.0. The van der Waals surface area contributed by atoms with E-state index in [0.717, 1.165) is 35.2 Å². The fraction of sp³-hybridized carbons (Fsp3) is 0.333. The van der Waals surface area contributed by atoms with E-state index in [9.17, 15) is 9.18 Å². The van der Waals surface area contributed by atoms with Crippen molar-refractivity contribution >= 4 is 0 Å². The zero-order valence-corrected chi connectivity index (χ0v) is 18.4. The van der Waals surface area contributed by atoms with Crippen molar-refractivity contribution in [2.75, 3.05) is 0 Å². The van der Waals surface area contributed by atoms with Crippen LogP contribution in [0.2, 0.25) is 0 Å². The first-order chi connectivity index (χ1) is 15.6. The van der Waals surface area contributed by atoms with E-state index in [-0.39, 0.29) is 5.69 Å². The zero-order chi connectivity index (χ0) is 22.5. The van der Waals surface area contributed by atoms with Gasteiger partial charge in [0, 0.05) is 12.1 Å². The third kappa shape index (κ3) is 4.26. The van der Waals surface area contributed by atoms with Crippen LogP contribution in [0.1, 0.15) is 44.4 Å². The minimum absolute atomic E-state index is 0.274. The van der Waals surface area contributed by atoms with Gasteiger partial charge in [-0.15, -0.1) is 5.10 Å². The first kappa shape index (κ1) is 21.7. The SMILES string of the molecule is CCCCc1c(F)n(CCC)c(=O)n1Cc1ccc(-c2ccccc2-n2cnnn2)cc1. The molecule has 0 saturated carbocycles. The second-order valence-corrected chi connectivity index (χ2v) is 7.83. The zero-order valence-electron chi connectivity index (χ0n) is 18.4. The predicted octanol–water partition coefficient (Wildman–Crippen LogP) is 4.23. The molecule has 8 heteroatoms. The van der Waals surface area contributed by atoms with Crippen molar-refractivity contribution in [1.29, 1.82) is 0 Å². The fourth-order valence-electron chi connectivity index (χ4n) is 3.94. The number of aromatic nitrogens is 6. The van der Waals surface area contributed by atoms with E-state index in [2.05, 4.69) is 22.4 Å². The smallest absolute Gasteiger partial charge is 0.289 e. The van der Waals surface area contributed by atoms with E-state index in [1.807, 2.05) is 55.5 Å². The highest BCUT2D eigenvalue weighted by Gasteiger charge is 2.19. The van der Waals surface area contributed by atoms with Crippen LogP contribution in [0, 0.1) is 5.95 Å². The molecule has 0 radical (unpaired) electrons. The molecule has 0 bridgehead atoms. The number of benzene rings is 2. The van der Waals surface area contributed by atoms with Gasteiger partial charge in [-0.1, -0.05) is 62.7 Å². The van der Waals surface area contributed by atoms with Crippen molar-refractivity contribution in [1.82, 2.24) is 29.3 Å². The lowest BCUT2D eigenvalue weighted by Crippen LogP contribution is -2.26. The molecule has 166 valence electrons. The predicted molar refractivity (Wildman–Crippen MR) is 121 cm³/mol. The Labute approximate surface area is 186 Å². The molecule has 0 aliphatic heterocycles. The summed E-state index contributed by atoms with van der Waals surface area (Å²) in [5.74, 6) is -0.391. The number of imidazole rings is 1. The van der Waals surface area contributed by atoms with Crippen molar-refractivity contribution in [3.63, 3.8) is 0 Å². The third-order valence-electron chi connectivity index (χ3n) is 5.58. The lowest BCUT2D eigenvalue weighted by molar-refractivity contribution is 0.473. The fourth-order valence-corrected chi connectivity index (χ4v) is 3.94. The summed E-state index contributed by atoms with van der Waals surface area (Å²) in [5, 5.41) is 11.4. The molecule has 2 heterocycles. The van der Waals surface area contributed by atoms with Crippen molar-refractivity contribution < 1.29 is 4.39 Å². The molecular weight excluding hydrogens is 407 g/mol. The maximum absolute atomic E-state index is 15.0. The Hall–Kier alpha value is -3.55. The molecule has 0 atom stereocenters. The molecule has 0 aliphatic rings. The lowest BCUT2D eigenvalue weighted by Gasteiger charge is -2.11. The van der Waals surface area contributed by atoms with Crippen LogP contribution >= 0.6 is 0 Å². The van der Waals surface area contributed by atoms with Gasteiger partial charge in [0.25, 0.3) is 0 Å². The highest BCUT2D eigenvalue weighted by atomic mass is 19.1. The van der Waals surface area contributed by atoms with Gasteiger partial charge < -0.3 is 0 Å². The van der Waals surface area contributed by atoms with Crippen molar-refractivity contribution in [3.05, 3.63) is 82.5 Å². The van der Waals surface area contributed by atoms with E-state index in [1.165, 1.54) is 4.57 Å². The Balaban J connectivity index is 1.65. The minimum Gasteiger partial charge on any atom is -0.289 e. The van der Waals surface area contributed by atoms with Gasteiger partial charge in [-0.05, 0) is 46.9 Å². The lowest BCUT2D eigenvalue weighted by atomic mass is 10.0. The standard InChI is InChI=1S/C24H27FN6O/c1-3-5-9-22-23(25)29(15-4-2)24(32)30(22)16-18-11-13-19(14-12-18)20-8-6-7-10-21(20)31-17-26-27-28-31/h6-8,10-14,17H,3-5,9,15-16H2,1-2H3. The molecule has 0 aliphatic carbocycles. The van der Waals surface area contributed by atoms with Crippen LogP contribution in [0.5, 0.6) is 0 Å². The van der Waals surface area contributed by atoms with Gasteiger partial charge in [-0.2, -0.15) is 9.07 Å². The summed E-state index contributed by atoms with van der Waals surface area (Å²) < 4.78 is 19.4. The second-order valence-electron chi connectivity index (χ2n) is 7.83. The van der Waals surface area contributed by atoms with Crippen molar-refractivity contribution in [2.24, 2.45) is 0 Å². The second kappa shape index (κ2) is 9.72. The highest BCUT2D eigenvalue weighted by Crippen LogP contribution is 2.26. The Kier molecular flexibility index (Phi) is 6.58. The van der Waals surface area contributed by atoms with Gasteiger partial charge in [0.05, 0.1) is 17.9 Å². The highest BCUT2D eigenvalue weighted by molar-refractivity contribution is 5.72. The Morgan fingerprint density at radius 1 is 0.969 bits per heavy atom. The van der Waals surface area contributed by atoms with Gasteiger partial charge in [-0.25, -0.2) is 4.79 Å². The van der Waals surface area contributed by atoms with Crippen LogP contribution in [0.3, 0.4) is 0 Å². The molecule has 0 N–H and O–H groups in total. The largest absolute Gasteiger partial charge is 0.330 e. The minimum atomic E-state index is -0.391. The Morgan fingerprint density at radius 3 is 2.44 bits per heavy atom. The molecule has 4 aromatic rings. The van der Waals surface area contributed by atoms with Crippen LogP contribution in [-0.4, -0.2) is 29.3 Å². The topological polar surface area (TPSA) is 70.5 Å². The van der Waals surface area contributed by atoms with E-state index < -0.39 is 5.95 Å². The van der Waals surface area contributed by atoms with Gasteiger partial charge >= 0.3 is 5.69 Å². The molecular formula is C24H27FN6O. The van der Waals surface area contributed by atoms with E-state index >= 15 is 0 Å². The molecule has 0 unspecified atom stereocenters. The molecule has 7 nitrogen and oxygen atoms in total. The number of para-hydroxylation sites is 1. The number of rotatable bonds is 9. The Bertz CT molecular complexity index is 1220. The number of unbranched alkanes of at least 4 members (excludes halogenated alkanes) is 1. The van der Waals surface area contributed by atoms with Crippen LogP contribution in [-0.2, 0) is 19.5 Å². The molecule has 0 spiro atoms. The maximum Gasteiger partial charge on any atom is 0.330 e. The number of halogens is 1. The third-order valence-corrected chi connectivity index (χ3v) is 5.58. The quantitative estimate of drug-likeness (QED) is 0.395. The summed E-state index contributed by atoms with van der Waals surface area (Å²) in [4.78, 5) is 12.9. The summed E-state index contributed by atoms with van der Waals surface area (Å²) in [5.41, 5.74) is 4.05. The number of tetrazole rings is 1. The molecule has 2 aromatic heterocycles. The Morgan fingerprint density at radius 2 is 1.75 bits per heavy atom. The average Bonchev–Trinajstić information content (AvgIpc) is 3.43. The van der Waals surface area contributed by atoms with Gasteiger partial charge in [0.15, 0.2) is 0 Å². The molecule has 32 heavy (non-hydrogen) atoms. The summed E-state index contributed by atoms with van der Waals surface area (Å²) >= 11 is 0. The number of nitrogens with zero attached hydrogens (tertiary/aromatic N) is 6. The van der Waals surface area contributed by atoms with E-state index in [4.69, 9.17) is 0 Å². The van der Waals surface area contributed by atoms with Crippen molar-refractivity contribution in [3.8, 4) is 16.8 Å². The summed E-state index contributed by atoms with van der Waals surface area (Å²) in [6, 6.07) is 15.9. The van der Waals surface area contributed by atoms with Crippen molar-refractivity contribution in [2.45, 2.75) is 52.6 Å². The van der Waals surface area contributed by atoms with Crippen LogP contribution in [0.15, 0.2) is 59.7 Å². The summed E-state index contributed by atoms with van der Waals surface area (Å²) in [6.07, 6.45) is 4.63. The molecule has 0 amide bonds. The van der Waals surface area contributed by atoms with Crippen LogP contribution < -0.4 is 5.69 Å². The average molecular weight is 435 g/mol.